The molecule has 0 saturated carbocycles. The second-order valence-corrected chi connectivity index (χ2v) is 5.71. The summed E-state index contributed by atoms with van der Waals surface area (Å²) in [6.45, 7) is 0. The smallest absolute Gasteiger partial charge is 0.121 e. The van der Waals surface area contributed by atoms with Gasteiger partial charge >= 0.3 is 0 Å². The quantitative estimate of drug-likeness (QED) is 0.773. The molecule has 1 heterocycles. The molecule has 0 spiro atoms. The number of aromatic nitrogens is 2. The summed E-state index contributed by atoms with van der Waals surface area (Å²) < 4.78 is 5.28. The van der Waals surface area contributed by atoms with Crippen molar-refractivity contribution in [2.45, 2.75) is 25.2 Å². The van der Waals surface area contributed by atoms with Crippen LogP contribution in [0.1, 0.15) is 29.3 Å². The first-order chi connectivity index (χ1) is 10.3. The van der Waals surface area contributed by atoms with Gasteiger partial charge in [-0.25, -0.2) is 4.98 Å². The molecule has 0 aliphatic heterocycles. The van der Waals surface area contributed by atoms with Gasteiger partial charge in [0.2, 0.25) is 0 Å². The van der Waals surface area contributed by atoms with E-state index in [1.807, 2.05) is 18.2 Å². The van der Waals surface area contributed by atoms with Crippen molar-refractivity contribution in [2.24, 2.45) is 0 Å². The summed E-state index contributed by atoms with van der Waals surface area (Å²) in [5.74, 6) is 2.46. The van der Waals surface area contributed by atoms with E-state index < -0.39 is 0 Å². The van der Waals surface area contributed by atoms with Crippen LogP contribution in [0.2, 0.25) is 0 Å². The zero-order valence-corrected chi connectivity index (χ0v) is 12.1. The predicted octanol–water partition coefficient (Wildman–Crippen LogP) is 3.84. The third-order valence-corrected chi connectivity index (χ3v) is 4.44. The van der Waals surface area contributed by atoms with Gasteiger partial charge in [-0.1, -0.05) is 24.3 Å². The molecular formula is C18H18N2O. The number of hydrogen-bond donors (Lipinski definition) is 1. The third-order valence-electron chi connectivity index (χ3n) is 4.44. The van der Waals surface area contributed by atoms with E-state index in [2.05, 4.69) is 29.2 Å². The van der Waals surface area contributed by atoms with Crippen LogP contribution in [-0.2, 0) is 12.8 Å². The number of hydrogen-bond acceptors (Lipinski definition) is 2. The molecule has 0 bridgehead atoms. The molecule has 106 valence electrons. The fourth-order valence-corrected chi connectivity index (χ4v) is 3.26. The van der Waals surface area contributed by atoms with Gasteiger partial charge in [0.25, 0.3) is 0 Å². The molecule has 1 aliphatic rings. The van der Waals surface area contributed by atoms with Crippen molar-refractivity contribution in [1.82, 2.24) is 9.97 Å². The van der Waals surface area contributed by atoms with Gasteiger partial charge in [0, 0.05) is 12.0 Å². The van der Waals surface area contributed by atoms with Crippen LogP contribution < -0.4 is 4.74 Å². The summed E-state index contributed by atoms with van der Waals surface area (Å²) >= 11 is 0. The van der Waals surface area contributed by atoms with Crippen LogP contribution in [0, 0.1) is 0 Å². The van der Waals surface area contributed by atoms with E-state index in [0.29, 0.717) is 5.92 Å². The van der Waals surface area contributed by atoms with Gasteiger partial charge in [-0.3, -0.25) is 0 Å². The fraction of sp³-hybridized carbons (Fsp3) is 0.278. The van der Waals surface area contributed by atoms with Gasteiger partial charge in [-0.15, -0.1) is 0 Å². The Balaban J connectivity index is 1.68. The van der Waals surface area contributed by atoms with Gasteiger partial charge in [0.1, 0.15) is 11.6 Å². The molecule has 0 radical (unpaired) electrons. The Labute approximate surface area is 124 Å². The number of ether oxygens (including phenoxy) is 1. The number of benzene rings is 2. The standard InChI is InChI=1S/C18H18N2O/c1-21-15-8-9-16-17(11-15)20-18(19-16)14-7-6-12-4-2-3-5-13(12)10-14/h2-5,8-9,11,14H,6-7,10H2,1H3,(H,19,20). The maximum Gasteiger partial charge on any atom is 0.121 e. The fourth-order valence-electron chi connectivity index (χ4n) is 3.26. The zero-order chi connectivity index (χ0) is 14.2. The third kappa shape index (κ3) is 2.19. The van der Waals surface area contributed by atoms with Crippen LogP contribution in [-0.4, -0.2) is 17.1 Å². The molecule has 0 fully saturated rings. The van der Waals surface area contributed by atoms with Crippen LogP contribution in [0.3, 0.4) is 0 Å². The first-order valence-corrected chi connectivity index (χ1v) is 7.44. The van der Waals surface area contributed by atoms with Crippen molar-refractivity contribution in [2.75, 3.05) is 7.11 Å². The predicted molar refractivity (Wildman–Crippen MR) is 83.9 cm³/mol. The number of imidazole rings is 1. The second-order valence-electron chi connectivity index (χ2n) is 5.71. The summed E-state index contributed by atoms with van der Waals surface area (Å²) in [5.41, 5.74) is 5.03. The number of fused-ring (bicyclic) bond motifs is 2. The number of nitrogens with one attached hydrogen (secondary N) is 1. The SMILES string of the molecule is COc1ccc2nc(C3CCc4ccccc4C3)[nH]c2c1. The van der Waals surface area contributed by atoms with Crippen LogP contribution >= 0.6 is 0 Å². The summed E-state index contributed by atoms with van der Waals surface area (Å²) in [5, 5.41) is 0. The Morgan fingerprint density at radius 1 is 1.14 bits per heavy atom. The average Bonchev–Trinajstić information content (AvgIpc) is 2.97. The molecule has 1 aromatic heterocycles. The van der Waals surface area contributed by atoms with Gasteiger partial charge in [0.05, 0.1) is 18.1 Å². The molecule has 3 nitrogen and oxygen atoms in total. The number of nitrogens with zero attached hydrogens (tertiary/aromatic N) is 1. The van der Waals surface area contributed by atoms with Crippen molar-refractivity contribution in [1.29, 1.82) is 0 Å². The van der Waals surface area contributed by atoms with E-state index in [4.69, 9.17) is 9.72 Å². The van der Waals surface area contributed by atoms with Gasteiger partial charge in [-0.05, 0) is 42.5 Å². The molecule has 0 amide bonds. The topological polar surface area (TPSA) is 37.9 Å². The highest BCUT2D eigenvalue weighted by Gasteiger charge is 2.22. The maximum atomic E-state index is 5.28. The number of aromatic amines is 1. The number of methoxy groups -OCH3 is 1. The monoisotopic (exact) mass is 278 g/mol. The largest absolute Gasteiger partial charge is 0.497 e. The lowest BCUT2D eigenvalue weighted by atomic mass is 9.83. The molecular weight excluding hydrogens is 260 g/mol. The molecule has 1 aliphatic carbocycles. The highest BCUT2D eigenvalue weighted by atomic mass is 16.5. The van der Waals surface area contributed by atoms with Crippen LogP contribution in [0.25, 0.3) is 11.0 Å². The van der Waals surface area contributed by atoms with E-state index in [1.54, 1.807) is 7.11 Å². The molecule has 0 saturated heterocycles. The number of aryl methyl sites for hydroxylation is 1. The van der Waals surface area contributed by atoms with Crippen molar-refractivity contribution < 1.29 is 4.74 Å². The Morgan fingerprint density at radius 2 is 2.00 bits per heavy atom. The van der Waals surface area contributed by atoms with E-state index in [1.165, 1.54) is 11.1 Å². The normalized spacial score (nSPS) is 17.7. The molecule has 1 N–H and O–H groups in total. The van der Waals surface area contributed by atoms with Crippen LogP contribution in [0.15, 0.2) is 42.5 Å². The number of rotatable bonds is 2. The Bertz CT molecular complexity index is 791. The lowest BCUT2D eigenvalue weighted by Gasteiger charge is -2.22. The van der Waals surface area contributed by atoms with Gasteiger partial charge < -0.3 is 9.72 Å². The first-order valence-electron chi connectivity index (χ1n) is 7.44. The van der Waals surface area contributed by atoms with E-state index in [0.717, 1.165) is 41.9 Å². The van der Waals surface area contributed by atoms with Crippen molar-refractivity contribution in [3.63, 3.8) is 0 Å². The van der Waals surface area contributed by atoms with Crippen LogP contribution in [0.4, 0.5) is 0 Å². The van der Waals surface area contributed by atoms with Crippen molar-refractivity contribution in [3.05, 3.63) is 59.4 Å². The summed E-state index contributed by atoms with van der Waals surface area (Å²) in [4.78, 5) is 8.25. The molecule has 3 heteroatoms. The maximum absolute atomic E-state index is 5.28. The highest BCUT2D eigenvalue weighted by molar-refractivity contribution is 5.76. The molecule has 21 heavy (non-hydrogen) atoms. The minimum atomic E-state index is 0.485. The molecule has 1 unspecified atom stereocenters. The van der Waals surface area contributed by atoms with Crippen molar-refractivity contribution in [3.8, 4) is 5.75 Å². The minimum Gasteiger partial charge on any atom is -0.497 e. The number of H-pyrrole nitrogens is 1. The van der Waals surface area contributed by atoms with Gasteiger partial charge in [-0.2, -0.15) is 0 Å². The lowest BCUT2D eigenvalue weighted by Crippen LogP contribution is -2.13. The van der Waals surface area contributed by atoms with E-state index >= 15 is 0 Å². The van der Waals surface area contributed by atoms with Gasteiger partial charge in [0.15, 0.2) is 0 Å². The average molecular weight is 278 g/mol. The Morgan fingerprint density at radius 3 is 2.86 bits per heavy atom. The van der Waals surface area contributed by atoms with E-state index in [-0.39, 0.29) is 0 Å². The first kappa shape index (κ1) is 12.5. The summed E-state index contributed by atoms with van der Waals surface area (Å²) in [6, 6.07) is 14.7. The summed E-state index contributed by atoms with van der Waals surface area (Å²) in [7, 11) is 1.69. The summed E-state index contributed by atoms with van der Waals surface area (Å²) in [6.07, 6.45) is 3.38. The Kier molecular flexibility index (Phi) is 2.92. The second kappa shape index (κ2) is 4.92. The molecule has 2 aromatic carbocycles. The van der Waals surface area contributed by atoms with Crippen LogP contribution in [0.5, 0.6) is 5.75 Å². The zero-order valence-electron chi connectivity index (χ0n) is 12.1. The molecule has 3 aromatic rings. The van der Waals surface area contributed by atoms with Crippen molar-refractivity contribution >= 4 is 11.0 Å². The Hall–Kier alpha value is -2.29. The minimum absolute atomic E-state index is 0.485. The van der Waals surface area contributed by atoms with E-state index in [9.17, 15) is 0 Å². The molecule has 4 rings (SSSR count). The lowest BCUT2D eigenvalue weighted by molar-refractivity contribution is 0.415. The molecule has 1 atom stereocenters. The highest BCUT2D eigenvalue weighted by Crippen LogP contribution is 2.32.